The van der Waals surface area contributed by atoms with Gasteiger partial charge in [-0.05, 0) is 55.6 Å². The summed E-state index contributed by atoms with van der Waals surface area (Å²) in [7, 11) is -2.47. The third-order valence-electron chi connectivity index (χ3n) is 5.38. The molecule has 2 atom stereocenters. The third-order valence-corrected chi connectivity index (χ3v) is 10.1. The van der Waals surface area contributed by atoms with Gasteiger partial charge in [0.25, 0.3) is 0 Å². The fourth-order valence-electron chi connectivity index (χ4n) is 3.43. The molecule has 2 aliphatic heterocycles. The van der Waals surface area contributed by atoms with Gasteiger partial charge in [-0.2, -0.15) is 0 Å². The molecule has 4 nitrogen and oxygen atoms in total. The van der Waals surface area contributed by atoms with Crippen LogP contribution < -0.4 is 0 Å². The van der Waals surface area contributed by atoms with Crippen LogP contribution in [-0.2, 0) is 24.5 Å². The van der Waals surface area contributed by atoms with E-state index >= 15 is 0 Å². The van der Waals surface area contributed by atoms with Crippen molar-refractivity contribution in [1.29, 1.82) is 0 Å². The van der Waals surface area contributed by atoms with Crippen molar-refractivity contribution < 1.29 is 18.1 Å². The summed E-state index contributed by atoms with van der Waals surface area (Å²) in [6, 6.07) is 22.4. The van der Waals surface area contributed by atoms with Crippen molar-refractivity contribution in [2.45, 2.75) is 57.3 Å². The van der Waals surface area contributed by atoms with E-state index in [0.29, 0.717) is 6.42 Å². The van der Waals surface area contributed by atoms with Gasteiger partial charge in [0.05, 0.1) is 6.26 Å². The van der Waals surface area contributed by atoms with Crippen LogP contribution in [0.2, 0.25) is 25.2 Å². The zero-order valence-electron chi connectivity index (χ0n) is 19.6. The highest BCUT2D eigenvalue weighted by atomic mass is 28.4. The zero-order chi connectivity index (χ0) is 22.9. The molecule has 174 valence electrons. The van der Waals surface area contributed by atoms with Crippen LogP contribution in [0.4, 0.5) is 0 Å². The first-order valence-corrected chi connectivity index (χ1v) is 16.7. The lowest BCUT2D eigenvalue weighted by Gasteiger charge is -2.29. The van der Waals surface area contributed by atoms with Crippen LogP contribution in [0.15, 0.2) is 66.9 Å². The van der Waals surface area contributed by atoms with Gasteiger partial charge in [0.2, 0.25) is 0 Å². The van der Waals surface area contributed by atoms with Gasteiger partial charge in [-0.15, -0.1) is 0 Å². The van der Waals surface area contributed by atoms with Crippen LogP contribution in [0.25, 0.3) is 6.08 Å². The molecular formula is C26H38O4Si2. The lowest BCUT2D eigenvalue weighted by molar-refractivity contribution is -0.107. The largest absolute Gasteiger partial charge is 0.527 e. The van der Waals surface area contributed by atoms with Crippen molar-refractivity contribution in [3.05, 3.63) is 78.1 Å². The second kappa shape index (κ2) is 15.7. The summed E-state index contributed by atoms with van der Waals surface area (Å²) in [6.45, 7) is 6.33. The molecule has 0 radical (unpaired) electrons. The predicted octanol–water partition coefficient (Wildman–Crippen LogP) is 6.13. The van der Waals surface area contributed by atoms with Crippen LogP contribution in [0.3, 0.4) is 0 Å². The van der Waals surface area contributed by atoms with E-state index < -0.39 is 17.6 Å². The van der Waals surface area contributed by atoms with Crippen LogP contribution >= 0.6 is 0 Å². The van der Waals surface area contributed by atoms with Crippen LogP contribution in [0.5, 0.6) is 0 Å². The summed E-state index contributed by atoms with van der Waals surface area (Å²) in [5.41, 5.74) is 2.24. The number of benzene rings is 2. The molecule has 6 heteroatoms. The van der Waals surface area contributed by atoms with Crippen molar-refractivity contribution in [2.24, 2.45) is 0 Å². The second-order valence-corrected chi connectivity index (χ2v) is 14.1. The average molecular weight is 471 g/mol. The predicted molar refractivity (Wildman–Crippen MR) is 137 cm³/mol. The van der Waals surface area contributed by atoms with Crippen LogP contribution in [0, 0.1) is 0 Å². The molecule has 2 aromatic rings. The molecule has 0 N–H and O–H groups in total. The molecule has 0 bridgehead atoms. The fraction of sp³-hybridized carbons (Fsp3) is 0.423. The Morgan fingerprint density at radius 1 is 0.969 bits per heavy atom. The molecule has 2 unspecified atom stereocenters. The molecule has 0 saturated carbocycles. The summed E-state index contributed by atoms with van der Waals surface area (Å²) in [4.78, 5) is 9.97. The standard InChI is InChI=1S/C13H18O2Si.C8H8O.C5H12OSi/c1-16(12-6-5-10-14-16)15-11-9-13-7-3-2-4-8-13;9-7-6-8-4-2-1-3-5-8;1-7-5-3-2-4-6-7/h2-4,7-9,11H,5-6,10,12H2,1H3;1-5,7H,6H2;7H,2-5H2,1H3. The lowest BCUT2D eigenvalue weighted by atomic mass is 10.2. The van der Waals surface area contributed by atoms with E-state index in [1.54, 1.807) is 6.26 Å². The molecule has 4 rings (SSSR count). The molecule has 2 aliphatic rings. The van der Waals surface area contributed by atoms with Crippen molar-refractivity contribution in [1.82, 2.24) is 0 Å². The van der Waals surface area contributed by atoms with E-state index in [0.717, 1.165) is 36.7 Å². The Kier molecular flexibility index (Phi) is 12.9. The molecule has 2 fully saturated rings. The summed E-state index contributed by atoms with van der Waals surface area (Å²) < 4.78 is 17.0. The Morgan fingerprint density at radius 2 is 1.66 bits per heavy atom. The third kappa shape index (κ3) is 11.6. The first-order chi connectivity index (χ1) is 15.6. The normalized spacial score (nSPS) is 22.6. The van der Waals surface area contributed by atoms with E-state index in [4.69, 9.17) is 13.3 Å². The van der Waals surface area contributed by atoms with Crippen LogP contribution in [-0.4, -0.2) is 37.1 Å². The van der Waals surface area contributed by atoms with E-state index in [1.807, 2.05) is 54.6 Å². The molecule has 2 aromatic carbocycles. The Hall–Kier alpha value is -2.00. The quantitative estimate of drug-likeness (QED) is 0.299. The Bertz CT molecular complexity index is 756. The smallest absolute Gasteiger partial charge is 0.395 e. The first-order valence-electron chi connectivity index (χ1n) is 11.7. The summed E-state index contributed by atoms with van der Waals surface area (Å²) in [5, 5.41) is 0. The number of hydrogen-bond acceptors (Lipinski definition) is 4. The molecule has 0 aromatic heterocycles. The van der Waals surface area contributed by atoms with Gasteiger partial charge in [0.15, 0.2) is 9.04 Å². The van der Waals surface area contributed by atoms with Gasteiger partial charge in [0, 0.05) is 25.7 Å². The van der Waals surface area contributed by atoms with Gasteiger partial charge >= 0.3 is 8.56 Å². The van der Waals surface area contributed by atoms with Gasteiger partial charge < -0.3 is 18.1 Å². The van der Waals surface area contributed by atoms with Crippen molar-refractivity contribution in [3.8, 4) is 0 Å². The minimum absolute atomic E-state index is 0.529. The Labute approximate surface area is 196 Å². The van der Waals surface area contributed by atoms with Gasteiger partial charge in [-0.1, -0.05) is 67.1 Å². The monoisotopic (exact) mass is 470 g/mol. The topological polar surface area (TPSA) is 44.8 Å². The molecule has 2 saturated heterocycles. The second-order valence-electron chi connectivity index (χ2n) is 8.30. The maximum atomic E-state index is 9.97. The highest BCUT2D eigenvalue weighted by molar-refractivity contribution is 6.66. The summed E-state index contributed by atoms with van der Waals surface area (Å²) in [6.07, 6.45) is 10.4. The summed E-state index contributed by atoms with van der Waals surface area (Å²) in [5.74, 6) is 0. The van der Waals surface area contributed by atoms with Gasteiger partial charge in [-0.25, -0.2) is 0 Å². The SMILES string of the molecule is C[SiH]1CCCCO1.C[Si]1(OC=Cc2ccccc2)CCCCO1.O=CCc1ccccc1. The Balaban J connectivity index is 0.000000191. The number of hydrogen-bond donors (Lipinski definition) is 0. The molecule has 0 aliphatic carbocycles. The number of carbonyl (C=O) groups excluding carboxylic acids is 1. The highest BCUT2D eigenvalue weighted by Gasteiger charge is 2.34. The van der Waals surface area contributed by atoms with E-state index in [1.165, 1.54) is 31.7 Å². The van der Waals surface area contributed by atoms with Crippen molar-refractivity contribution in [3.63, 3.8) is 0 Å². The zero-order valence-corrected chi connectivity index (χ0v) is 21.7. The molecular weight excluding hydrogens is 432 g/mol. The molecule has 32 heavy (non-hydrogen) atoms. The average Bonchev–Trinajstić information content (AvgIpc) is 2.82. The molecule has 0 amide bonds. The first kappa shape index (κ1) is 26.3. The van der Waals surface area contributed by atoms with Gasteiger partial charge in [0.1, 0.15) is 6.29 Å². The van der Waals surface area contributed by atoms with Gasteiger partial charge in [-0.3, -0.25) is 0 Å². The van der Waals surface area contributed by atoms with E-state index in [9.17, 15) is 4.79 Å². The minimum atomic E-state index is -1.88. The molecule has 0 spiro atoms. The van der Waals surface area contributed by atoms with Crippen molar-refractivity contribution >= 4 is 30.0 Å². The minimum Gasteiger partial charge on any atom is -0.527 e. The van der Waals surface area contributed by atoms with Crippen LogP contribution in [0.1, 0.15) is 36.8 Å². The van der Waals surface area contributed by atoms with Crippen molar-refractivity contribution in [2.75, 3.05) is 13.2 Å². The number of aldehydes is 1. The number of carbonyl (C=O) groups is 1. The Morgan fingerprint density at radius 3 is 2.19 bits per heavy atom. The fourth-order valence-corrected chi connectivity index (χ4v) is 7.19. The number of rotatable bonds is 5. The molecule has 2 heterocycles. The highest BCUT2D eigenvalue weighted by Crippen LogP contribution is 2.23. The lowest BCUT2D eigenvalue weighted by Crippen LogP contribution is -2.39. The summed E-state index contributed by atoms with van der Waals surface area (Å²) >= 11 is 0. The van der Waals surface area contributed by atoms with E-state index in [2.05, 4.69) is 25.2 Å². The maximum Gasteiger partial charge on any atom is 0.395 e. The maximum absolute atomic E-state index is 9.97. The van der Waals surface area contributed by atoms with E-state index in [-0.39, 0.29) is 0 Å².